The molecule has 0 aliphatic carbocycles. The van der Waals surface area contributed by atoms with Gasteiger partial charge >= 0.3 is 5.69 Å². The molecule has 7 nitrogen and oxygen atoms in total. The van der Waals surface area contributed by atoms with Crippen molar-refractivity contribution in [2.24, 2.45) is 0 Å². The number of aryl methyl sites for hydroxylation is 1. The molecule has 1 atom stereocenters. The maximum absolute atomic E-state index is 13.3. The summed E-state index contributed by atoms with van der Waals surface area (Å²) in [5, 5.41) is 7.45. The summed E-state index contributed by atoms with van der Waals surface area (Å²) >= 11 is 5.99. The predicted molar refractivity (Wildman–Crippen MR) is 132 cm³/mol. The van der Waals surface area contributed by atoms with Crippen LogP contribution >= 0.6 is 11.6 Å². The van der Waals surface area contributed by atoms with E-state index in [0.29, 0.717) is 10.7 Å². The van der Waals surface area contributed by atoms with Crippen LogP contribution in [-0.2, 0) is 6.54 Å². The molecule has 1 N–H and O–H groups in total. The number of benzene rings is 3. The lowest BCUT2D eigenvalue weighted by Crippen LogP contribution is -2.46. The van der Waals surface area contributed by atoms with E-state index >= 15 is 0 Å². The minimum Gasteiger partial charge on any atom is -0.344 e. The van der Waals surface area contributed by atoms with E-state index in [1.807, 2.05) is 68.4 Å². The highest BCUT2D eigenvalue weighted by Gasteiger charge is 2.22. The molecule has 0 spiro atoms. The number of carbonyl (C=O) groups excluding carboxylic acids is 1. The van der Waals surface area contributed by atoms with Gasteiger partial charge in [0.1, 0.15) is 0 Å². The third-order valence-corrected chi connectivity index (χ3v) is 5.67. The zero-order valence-electron chi connectivity index (χ0n) is 18.7. The predicted octanol–water partition coefficient (Wildman–Crippen LogP) is 3.90. The van der Waals surface area contributed by atoms with Gasteiger partial charge in [-0.2, -0.15) is 9.78 Å². The van der Waals surface area contributed by atoms with E-state index in [0.717, 1.165) is 25.9 Å². The summed E-state index contributed by atoms with van der Waals surface area (Å²) < 4.78 is 2.08. The van der Waals surface area contributed by atoms with Crippen LogP contribution in [0.3, 0.4) is 0 Å². The maximum Gasteiger partial charge on any atom is 0.352 e. The van der Waals surface area contributed by atoms with Gasteiger partial charge in [0, 0.05) is 5.02 Å². The topological polar surface area (TPSA) is 86.0 Å². The fraction of sp³-hybridized carbons (Fsp3) is 0.154. The molecule has 0 aliphatic heterocycles. The Bertz CT molecular complexity index is 1440. The first-order valence-corrected chi connectivity index (χ1v) is 11.1. The molecule has 8 heteroatoms. The van der Waals surface area contributed by atoms with Gasteiger partial charge in [-0.3, -0.25) is 14.2 Å². The Labute approximate surface area is 201 Å². The Morgan fingerprint density at radius 3 is 2.38 bits per heavy atom. The van der Waals surface area contributed by atoms with Gasteiger partial charge in [-0.1, -0.05) is 71.8 Å². The zero-order valence-corrected chi connectivity index (χ0v) is 19.5. The molecule has 3 aromatic carbocycles. The van der Waals surface area contributed by atoms with E-state index in [4.69, 9.17) is 11.6 Å². The van der Waals surface area contributed by atoms with Crippen molar-refractivity contribution in [3.8, 4) is 5.69 Å². The van der Waals surface area contributed by atoms with Crippen molar-refractivity contribution in [2.45, 2.75) is 26.4 Å². The van der Waals surface area contributed by atoms with Gasteiger partial charge in [-0.25, -0.2) is 4.79 Å². The number of nitrogens with one attached hydrogen (secondary N) is 1. The average molecular weight is 475 g/mol. The quantitative estimate of drug-likeness (QED) is 0.459. The largest absolute Gasteiger partial charge is 0.352 e. The van der Waals surface area contributed by atoms with Gasteiger partial charge in [0.15, 0.2) is 0 Å². The van der Waals surface area contributed by atoms with E-state index < -0.39 is 17.2 Å². The summed E-state index contributed by atoms with van der Waals surface area (Å²) in [6.45, 7) is 3.74. The van der Waals surface area contributed by atoms with Gasteiger partial charge in [0.2, 0.25) is 5.69 Å². The van der Waals surface area contributed by atoms with Crippen LogP contribution < -0.4 is 16.6 Å². The average Bonchev–Trinajstić information content (AvgIpc) is 2.83. The number of amides is 1. The van der Waals surface area contributed by atoms with E-state index in [9.17, 15) is 14.4 Å². The van der Waals surface area contributed by atoms with Gasteiger partial charge in [-0.05, 0) is 49.2 Å². The lowest BCUT2D eigenvalue weighted by molar-refractivity contribution is 0.0930. The van der Waals surface area contributed by atoms with Crippen LogP contribution in [0.4, 0.5) is 0 Å². The second kappa shape index (κ2) is 9.89. The van der Waals surface area contributed by atoms with E-state index in [-0.39, 0.29) is 18.3 Å². The lowest BCUT2D eigenvalue weighted by atomic mass is 10.1. The SMILES string of the molecule is Cc1cccc(Cn2c(=O)c(C(=O)NC(C)c3ccccc3)nn(-c3ccc(Cl)cc3)c2=O)c1. The molecule has 4 aromatic rings. The summed E-state index contributed by atoms with van der Waals surface area (Å²) in [6.07, 6.45) is 0. The smallest absolute Gasteiger partial charge is 0.344 e. The summed E-state index contributed by atoms with van der Waals surface area (Å²) in [4.78, 5) is 39.7. The van der Waals surface area contributed by atoms with Crippen molar-refractivity contribution in [3.05, 3.63) is 127 Å². The Hall–Kier alpha value is -3.97. The van der Waals surface area contributed by atoms with Crippen molar-refractivity contribution < 1.29 is 4.79 Å². The van der Waals surface area contributed by atoms with Gasteiger partial charge in [0.25, 0.3) is 11.5 Å². The Balaban J connectivity index is 1.81. The van der Waals surface area contributed by atoms with Crippen molar-refractivity contribution >= 4 is 17.5 Å². The summed E-state index contributed by atoms with van der Waals surface area (Å²) in [6, 6.07) is 22.9. The molecule has 1 amide bonds. The first-order chi connectivity index (χ1) is 16.3. The number of rotatable bonds is 6. The van der Waals surface area contributed by atoms with Gasteiger partial charge < -0.3 is 5.32 Å². The second-order valence-corrected chi connectivity index (χ2v) is 8.44. The maximum atomic E-state index is 13.3. The monoisotopic (exact) mass is 474 g/mol. The van der Waals surface area contributed by atoms with Crippen LogP contribution in [0.25, 0.3) is 5.69 Å². The molecule has 0 aliphatic rings. The molecule has 0 radical (unpaired) electrons. The number of aromatic nitrogens is 3. The van der Waals surface area contributed by atoms with Crippen LogP contribution in [0.1, 0.15) is 40.1 Å². The second-order valence-electron chi connectivity index (χ2n) is 8.01. The van der Waals surface area contributed by atoms with Crippen molar-refractivity contribution in [3.63, 3.8) is 0 Å². The number of nitrogens with zero attached hydrogens (tertiary/aromatic N) is 3. The first-order valence-electron chi connectivity index (χ1n) is 10.7. The molecule has 172 valence electrons. The minimum atomic E-state index is -0.755. The Kier molecular flexibility index (Phi) is 6.75. The number of halogens is 1. The van der Waals surface area contributed by atoms with Crippen LogP contribution in [0, 0.1) is 6.92 Å². The number of hydrogen-bond donors (Lipinski definition) is 1. The van der Waals surface area contributed by atoms with E-state index in [1.165, 1.54) is 0 Å². The molecule has 0 fully saturated rings. The summed E-state index contributed by atoms with van der Waals surface area (Å²) in [7, 11) is 0. The fourth-order valence-electron chi connectivity index (χ4n) is 3.63. The Morgan fingerprint density at radius 2 is 1.71 bits per heavy atom. The van der Waals surface area contributed by atoms with Crippen molar-refractivity contribution in [1.82, 2.24) is 19.7 Å². The normalized spacial score (nSPS) is 11.7. The molecular weight excluding hydrogens is 452 g/mol. The van der Waals surface area contributed by atoms with Crippen LogP contribution in [0.2, 0.25) is 5.02 Å². The number of carbonyl (C=O) groups is 1. The van der Waals surface area contributed by atoms with Crippen LogP contribution in [-0.4, -0.2) is 20.3 Å². The molecule has 34 heavy (non-hydrogen) atoms. The standard InChI is InChI=1S/C26H23ClN4O3/c1-17-7-6-8-19(15-17)16-30-25(33)23(24(32)28-18(2)20-9-4-3-5-10-20)29-31(26(30)34)22-13-11-21(27)12-14-22/h3-15,18H,16H2,1-2H3,(H,28,32). The van der Waals surface area contributed by atoms with E-state index in [2.05, 4.69) is 10.4 Å². The minimum absolute atomic E-state index is 0.00394. The molecule has 4 rings (SSSR count). The van der Waals surface area contributed by atoms with Crippen LogP contribution in [0.5, 0.6) is 0 Å². The van der Waals surface area contributed by atoms with E-state index in [1.54, 1.807) is 24.3 Å². The van der Waals surface area contributed by atoms with Crippen LogP contribution in [0.15, 0.2) is 88.5 Å². The third-order valence-electron chi connectivity index (χ3n) is 5.42. The fourth-order valence-corrected chi connectivity index (χ4v) is 3.76. The molecule has 1 unspecified atom stereocenters. The highest BCUT2D eigenvalue weighted by Crippen LogP contribution is 2.13. The highest BCUT2D eigenvalue weighted by atomic mass is 35.5. The molecule has 0 saturated heterocycles. The summed E-state index contributed by atoms with van der Waals surface area (Å²) in [5.74, 6) is -0.665. The lowest BCUT2D eigenvalue weighted by Gasteiger charge is -2.16. The summed E-state index contributed by atoms with van der Waals surface area (Å²) in [5.41, 5.74) is 1.24. The first kappa shape index (κ1) is 23.2. The molecule has 1 aromatic heterocycles. The van der Waals surface area contributed by atoms with Crippen molar-refractivity contribution in [2.75, 3.05) is 0 Å². The molecular formula is C26H23ClN4O3. The number of hydrogen-bond acceptors (Lipinski definition) is 4. The highest BCUT2D eigenvalue weighted by molar-refractivity contribution is 6.30. The molecule has 0 bridgehead atoms. The Morgan fingerprint density at radius 1 is 1.00 bits per heavy atom. The molecule has 1 heterocycles. The van der Waals surface area contributed by atoms with Gasteiger partial charge in [-0.15, -0.1) is 0 Å². The van der Waals surface area contributed by atoms with Crippen molar-refractivity contribution in [1.29, 1.82) is 0 Å². The zero-order chi connectivity index (χ0) is 24.2. The molecule has 0 saturated carbocycles. The third kappa shape index (κ3) is 5.00. The van der Waals surface area contributed by atoms with Gasteiger partial charge in [0.05, 0.1) is 18.3 Å².